The van der Waals surface area contributed by atoms with E-state index in [4.69, 9.17) is 0 Å². The third-order valence-corrected chi connectivity index (χ3v) is 8.85. The zero-order valence-electron chi connectivity index (χ0n) is 19.2. The molecule has 35 heavy (non-hydrogen) atoms. The molecule has 10 rings (SSSR count). The Balaban J connectivity index is 1.79. The van der Waals surface area contributed by atoms with Crippen molar-refractivity contribution in [3.05, 3.63) is 96.6 Å². The lowest BCUT2D eigenvalue weighted by molar-refractivity contribution is 1.53. The van der Waals surface area contributed by atoms with Crippen LogP contribution in [-0.4, -0.2) is 0 Å². The molecule has 158 valence electrons. The Morgan fingerprint density at radius 2 is 0.714 bits per heavy atom. The summed E-state index contributed by atoms with van der Waals surface area (Å²) in [5.74, 6) is 0. The molecular weight excluding hydrogens is 420 g/mol. The molecule has 0 saturated carbocycles. The SMILES string of the molecule is Cc1cc2c3cccc4ccc5c6cccc7c8cccc9ccc%10c(c1)c2c(c5c43)c(c76)c%10c98. The fourth-order valence-electron chi connectivity index (χ4n) is 7.68. The maximum absolute atomic E-state index is 2.42. The second-order valence-corrected chi connectivity index (χ2v) is 10.5. The molecule has 0 spiro atoms. The molecule has 0 nitrogen and oxygen atoms in total. The Labute approximate surface area is 200 Å². The van der Waals surface area contributed by atoms with Crippen molar-refractivity contribution in [1.29, 1.82) is 0 Å². The van der Waals surface area contributed by atoms with Crippen LogP contribution in [0, 0.1) is 6.92 Å². The summed E-state index contributed by atoms with van der Waals surface area (Å²) in [5, 5.41) is 25.2. The van der Waals surface area contributed by atoms with Crippen molar-refractivity contribution in [2.45, 2.75) is 6.92 Å². The summed E-state index contributed by atoms with van der Waals surface area (Å²) in [5.41, 5.74) is 1.33. The summed E-state index contributed by atoms with van der Waals surface area (Å²) < 4.78 is 0. The molecule has 0 aromatic heterocycles. The number of aryl methyl sites for hydroxylation is 1. The molecule has 0 amide bonds. The number of rotatable bonds is 0. The summed E-state index contributed by atoms with van der Waals surface area (Å²) >= 11 is 0. The van der Waals surface area contributed by atoms with Crippen LogP contribution in [0.5, 0.6) is 0 Å². The van der Waals surface area contributed by atoms with Crippen LogP contribution in [0.2, 0.25) is 0 Å². The fraction of sp³-hybridized carbons (Fsp3) is 0.0286. The minimum Gasteiger partial charge on any atom is -0.0610 e. The zero-order chi connectivity index (χ0) is 22.6. The van der Waals surface area contributed by atoms with Crippen molar-refractivity contribution in [3.63, 3.8) is 0 Å². The predicted octanol–water partition coefficient (Wildman–Crippen LogP) is 10.1. The number of hydrogen-bond donors (Lipinski definition) is 0. The van der Waals surface area contributed by atoms with Crippen LogP contribution in [0.4, 0.5) is 0 Å². The van der Waals surface area contributed by atoms with Crippen molar-refractivity contribution < 1.29 is 0 Å². The molecule has 0 atom stereocenters. The molecule has 0 unspecified atom stereocenters. The maximum atomic E-state index is 2.42. The van der Waals surface area contributed by atoms with E-state index in [1.807, 2.05) is 0 Å². The highest BCUT2D eigenvalue weighted by atomic mass is 14.3. The summed E-state index contributed by atoms with van der Waals surface area (Å²) in [6.45, 7) is 2.25. The monoisotopic (exact) mass is 438 g/mol. The minimum absolute atomic E-state index is 1.33. The molecule has 0 saturated heterocycles. The van der Waals surface area contributed by atoms with Gasteiger partial charge in [0.15, 0.2) is 0 Å². The van der Waals surface area contributed by atoms with E-state index in [0.717, 1.165) is 0 Å². The number of fused-ring (bicyclic) bond motifs is 4. The van der Waals surface area contributed by atoms with E-state index < -0.39 is 0 Å². The van der Waals surface area contributed by atoms with Crippen molar-refractivity contribution in [1.82, 2.24) is 0 Å². The Morgan fingerprint density at radius 3 is 1.29 bits per heavy atom. The lowest BCUT2D eigenvalue weighted by Crippen LogP contribution is -1.96. The van der Waals surface area contributed by atoms with Gasteiger partial charge in [-0.05, 0) is 109 Å². The summed E-state index contributed by atoms with van der Waals surface area (Å²) in [4.78, 5) is 0. The minimum atomic E-state index is 1.33. The first kappa shape index (κ1) is 17.1. The Hall–Kier alpha value is -4.42. The standard InChI is InChI=1S/C35H18/c1-17-15-26-23-8-3-6-19-11-13-24-22-10-4-9-21-20-7-2-5-18-12-14-25-27(16-17)31(26)35(32(24)29(19)23)34(30(21)22)33(25)28(18)20/h2-16H,1H3. The molecule has 0 aliphatic heterocycles. The van der Waals surface area contributed by atoms with E-state index >= 15 is 0 Å². The van der Waals surface area contributed by atoms with Crippen molar-refractivity contribution >= 4 is 97.0 Å². The van der Waals surface area contributed by atoms with Gasteiger partial charge in [0.25, 0.3) is 0 Å². The van der Waals surface area contributed by atoms with Crippen LogP contribution < -0.4 is 0 Å². The molecule has 0 bridgehead atoms. The first-order chi connectivity index (χ1) is 17.3. The van der Waals surface area contributed by atoms with Gasteiger partial charge in [-0.15, -0.1) is 0 Å². The van der Waals surface area contributed by atoms with E-state index in [9.17, 15) is 0 Å². The molecule has 0 radical (unpaired) electrons. The van der Waals surface area contributed by atoms with Gasteiger partial charge in [0.1, 0.15) is 0 Å². The van der Waals surface area contributed by atoms with Crippen LogP contribution in [-0.2, 0) is 0 Å². The molecule has 0 heterocycles. The van der Waals surface area contributed by atoms with Crippen LogP contribution in [0.15, 0.2) is 91.0 Å². The highest BCUT2D eigenvalue weighted by Crippen LogP contribution is 2.54. The van der Waals surface area contributed by atoms with Gasteiger partial charge < -0.3 is 0 Å². The van der Waals surface area contributed by atoms with E-state index in [0.29, 0.717) is 0 Å². The highest BCUT2D eigenvalue weighted by molar-refractivity contribution is 6.54. The highest BCUT2D eigenvalue weighted by Gasteiger charge is 2.25. The fourth-order valence-corrected chi connectivity index (χ4v) is 7.68. The van der Waals surface area contributed by atoms with Gasteiger partial charge in [0.2, 0.25) is 0 Å². The van der Waals surface area contributed by atoms with Crippen LogP contribution >= 0.6 is 0 Å². The Bertz CT molecular complexity index is 2470. The normalized spacial score (nSPS) is 13.3. The van der Waals surface area contributed by atoms with Gasteiger partial charge in [-0.3, -0.25) is 0 Å². The van der Waals surface area contributed by atoms with E-state index in [1.165, 1.54) is 103 Å². The molecule has 0 aliphatic carbocycles. The first-order valence-corrected chi connectivity index (χ1v) is 12.5. The molecule has 0 N–H and O–H groups in total. The van der Waals surface area contributed by atoms with Gasteiger partial charge >= 0.3 is 0 Å². The van der Waals surface area contributed by atoms with Crippen molar-refractivity contribution in [2.24, 2.45) is 0 Å². The second kappa shape index (κ2) is 5.29. The zero-order valence-corrected chi connectivity index (χ0v) is 19.2. The van der Waals surface area contributed by atoms with Crippen molar-refractivity contribution in [3.8, 4) is 0 Å². The molecule has 0 heteroatoms. The van der Waals surface area contributed by atoms with E-state index in [-0.39, 0.29) is 0 Å². The summed E-state index contributed by atoms with van der Waals surface area (Å²) in [6.07, 6.45) is 0. The molecule has 10 aromatic carbocycles. The van der Waals surface area contributed by atoms with Crippen LogP contribution in [0.25, 0.3) is 97.0 Å². The first-order valence-electron chi connectivity index (χ1n) is 12.5. The predicted molar refractivity (Wildman–Crippen MR) is 153 cm³/mol. The van der Waals surface area contributed by atoms with Gasteiger partial charge in [-0.25, -0.2) is 0 Å². The van der Waals surface area contributed by atoms with Crippen molar-refractivity contribution in [2.75, 3.05) is 0 Å². The van der Waals surface area contributed by atoms with Gasteiger partial charge in [-0.2, -0.15) is 0 Å². The van der Waals surface area contributed by atoms with Crippen LogP contribution in [0.3, 0.4) is 0 Å². The topological polar surface area (TPSA) is 0 Å². The largest absolute Gasteiger partial charge is 0.0610 e. The van der Waals surface area contributed by atoms with Crippen LogP contribution in [0.1, 0.15) is 5.56 Å². The van der Waals surface area contributed by atoms with Gasteiger partial charge in [0, 0.05) is 0 Å². The lowest BCUT2D eigenvalue weighted by Gasteiger charge is -2.25. The average Bonchev–Trinajstić information content (AvgIpc) is 2.90. The summed E-state index contributed by atoms with van der Waals surface area (Å²) in [7, 11) is 0. The quantitative estimate of drug-likeness (QED) is 0.163. The van der Waals surface area contributed by atoms with Gasteiger partial charge in [-0.1, -0.05) is 91.0 Å². The molecular formula is C35H18. The van der Waals surface area contributed by atoms with E-state index in [2.05, 4.69) is 97.9 Å². The average molecular weight is 439 g/mol. The molecule has 0 aliphatic rings. The van der Waals surface area contributed by atoms with E-state index in [1.54, 1.807) is 0 Å². The molecule has 0 fully saturated rings. The molecule has 10 aromatic rings. The maximum Gasteiger partial charge on any atom is -0.0000710 e. The van der Waals surface area contributed by atoms with Gasteiger partial charge in [0.05, 0.1) is 0 Å². The third kappa shape index (κ3) is 1.68. The smallest absolute Gasteiger partial charge is 0.0000710 e. The Kier molecular flexibility index (Phi) is 2.58. The third-order valence-electron chi connectivity index (χ3n) is 8.85. The summed E-state index contributed by atoms with van der Waals surface area (Å²) in [6, 6.07) is 34.8. The number of hydrogen-bond acceptors (Lipinski definition) is 0. The second-order valence-electron chi connectivity index (χ2n) is 10.5. The Morgan fingerprint density at radius 1 is 0.314 bits per heavy atom. The lowest BCUT2D eigenvalue weighted by atomic mass is 9.77. The number of benzene rings is 10.